The van der Waals surface area contributed by atoms with Gasteiger partial charge in [0.25, 0.3) is 10.0 Å². The predicted octanol–water partition coefficient (Wildman–Crippen LogP) is 3.04. The average molecular weight is 284 g/mol. The van der Waals surface area contributed by atoms with Crippen LogP contribution in [0.1, 0.15) is 0 Å². The number of benzene rings is 2. The summed E-state index contributed by atoms with van der Waals surface area (Å²) in [6.45, 7) is 0. The fourth-order valence-corrected chi connectivity index (χ4v) is 3.28. The molecule has 0 aliphatic heterocycles. The van der Waals surface area contributed by atoms with Crippen molar-refractivity contribution in [3.63, 3.8) is 0 Å². The molecule has 4 nitrogen and oxygen atoms in total. The summed E-state index contributed by atoms with van der Waals surface area (Å²) in [5.74, 6) is 0. The highest BCUT2D eigenvalue weighted by Crippen LogP contribution is 2.23. The molecule has 0 saturated carbocycles. The van der Waals surface area contributed by atoms with Gasteiger partial charge in [-0.3, -0.25) is 9.71 Å². The molecule has 0 saturated heterocycles. The number of aromatic nitrogens is 1. The summed E-state index contributed by atoms with van der Waals surface area (Å²) < 4.78 is 27.5. The van der Waals surface area contributed by atoms with Crippen LogP contribution in [-0.2, 0) is 10.0 Å². The molecule has 0 aliphatic carbocycles. The molecular formula is C15H12N2O2S. The van der Waals surface area contributed by atoms with Gasteiger partial charge in [0.1, 0.15) is 0 Å². The lowest BCUT2D eigenvalue weighted by atomic mass is 10.2. The van der Waals surface area contributed by atoms with Crippen molar-refractivity contribution in [2.75, 3.05) is 4.72 Å². The normalized spacial score (nSPS) is 11.4. The van der Waals surface area contributed by atoms with Crippen molar-refractivity contribution >= 4 is 26.6 Å². The monoisotopic (exact) mass is 284 g/mol. The minimum atomic E-state index is -3.63. The third-order valence-corrected chi connectivity index (χ3v) is 4.36. The second-order valence-corrected chi connectivity index (χ2v) is 5.95. The molecule has 1 N–H and O–H groups in total. The van der Waals surface area contributed by atoms with Gasteiger partial charge < -0.3 is 0 Å². The fourth-order valence-electron chi connectivity index (χ4n) is 2.02. The van der Waals surface area contributed by atoms with E-state index in [9.17, 15) is 8.42 Å². The Balaban J connectivity index is 2.10. The largest absolute Gasteiger partial charge is 0.280 e. The molecule has 0 fully saturated rings. The Labute approximate surface area is 117 Å². The molecule has 0 bridgehead atoms. The highest BCUT2D eigenvalue weighted by molar-refractivity contribution is 7.93. The van der Waals surface area contributed by atoms with Gasteiger partial charge >= 0.3 is 0 Å². The summed E-state index contributed by atoms with van der Waals surface area (Å²) in [5.41, 5.74) is 1.19. The van der Waals surface area contributed by atoms with E-state index in [0.29, 0.717) is 16.6 Å². The number of hydrogen-bond donors (Lipinski definition) is 1. The van der Waals surface area contributed by atoms with Gasteiger partial charge in [0.2, 0.25) is 0 Å². The average Bonchev–Trinajstić information content (AvgIpc) is 2.47. The Bertz CT molecular complexity index is 841. The fraction of sp³-hybridized carbons (Fsp3) is 0. The maximum atomic E-state index is 12.5. The van der Waals surface area contributed by atoms with Gasteiger partial charge in [-0.05, 0) is 24.3 Å². The lowest BCUT2D eigenvalue weighted by Crippen LogP contribution is -2.13. The first-order valence-electron chi connectivity index (χ1n) is 6.08. The molecule has 2 aromatic carbocycles. The summed E-state index contributed by atoms with van der Waals surface area (Å²) in [4.78, 5) is 4.40. The van der Waals surface area contributed by atoms with Crippen molar-refractivity contribution in [3.8, 4) is 0 Å². The summed E-state index contributed by atoms with van der Waals surface area (Å²) in [6, 6.07) is 17.5. The lowest BCUT2D eigenvalue weighted by Gasteiger charge is -2.09. The number of nitrogens with zero attached hydrogens (tertiary/aromatic N) is 1. The molecule has 0 atom stereocenters. The van der Waals surface area contributed by atoms with Crippen molar-refractivity contribution in [3.05, 3.63) is 66.9 Å². The Morgan fingerprint density at radius 1 is 0.850 bits per heavy atom. The Hall–Kier alpha value is -2.40. The zero-order valence-electron chi connectivity index (χ0n) is 10.5. The highest BCUT2D eigenvalue weighted by Gasteiger charge is 2.17. The SMILES string of the molecule is O=S(=O)(Nc1ccccc1)c1ccnc2ccccc12. The number of pyridine rings is 1. The van der Waals surface area contributed by atoms with Gasteiger partial charge in [-0.2, -0.15) is 0 Å². The van der Waals surface area contributed by atoms with Crippen LogP contribution in [0, 0.1) is 0 Å². The summed E-state index contributed by atoms with van der Waals surface area (Å²) >= 11 is 0. The minimum Gasteiger partial charge on any atom is -0.280 e. The molecule has 3 aromatic rings. The Morgan fingerprint density at radius 2 is 1.55 bits per heavy atom. The van der Waals surface area contributed by atoms with E-state index < -0.39 is 10.0 Å². The van der Waals surface area contributed by atoms with Crippen LogP contribution in [0.15, 0.2) is 71.8 Å². The summed E-state index contributed by atoms with van der Waals surface area (Å²) in [5, 5.41) is 0.610. The Morgan fingerprint density at radius 3 is 2.35 bits per heavy atom. The molecule has 3 rings (SSSR count). The van der Waals surface area contributed by atoms with Crippen LogP contribution in [0.5, 0.6) is 0 Å². The van der Waals surface area contributed by atoms with Crippen molar-refractivity contribution in [1.29, 1.82) is 0 Å². The standard InChI is InChI=1S/C15H12N2O2S/c18-20(19,17-12-6-2-1-3-7-12)15-10-11-16-14-9-5-4-8-13(14)15/h1-11,17H. The van der Waals surface area contributed by atoms with E-state index in [1.807, 2.05) is 12.1 Å². The number of hydrogen-bond acceptors (Lipinski definition) is 3. The smallest absolute Gasteiger partial charge is 0.262 e. The number of sulfonamides is 1. The van der Waals surface area contributed by atoms with Gasteiger partial charge in [-0.15, -0.1) is 0 Å². The first-order valence-corrected chi connectivity index (χ1v) is 7.57. The van der Waals surface area contributed by atoms with Crippen molar-refractivity contribution in [2.45, 2.75) is 4.90 Å². The molecule has 5 heteroatoms. The van der Waals surface area contributed by atoms with Crippen LogP contribution in [0.25, 0.3) is 10.9 Å². The molecule has 0 unspecified atom stereocenters. The van der Waals surface area contributed by atoms with Gasteiger partial charge in [-0.1, -0.05) is 36.4 Å². The van der Waals surface area contributed by atoms with Crippen molar-refractivity contribution in [2.24, 2.45) is 0 Å². The van der Waals surface area contributed by atoms with E-state index in [4.69, 9.17) is 0 Å². The maximum Gasteiger partial charge on any atom is 0.262 e. The van der Waals surface area contributed by atoms with Crippen LogP contribution in [-0.4, -0.2) is 13.4 Å². The molecule has 1 heterocycles. The van der Waals surface area contributed by atoms with E-state index >= 15 is 0 Å². The second kappa shape index (κ2) is 4.94. The zero-order valence-corrected chi connectivity index (χ0v) is 11.3. The van der Waals surface area contributed by atoms with Gasteiger partial charge in [0.15, 0.2) is 0 Å². The quantitative estimate of drug-likeness (QED) is 0.804. The van der Waals surface area contributed by atoms with Gasteiger partial charge in [0.05, 0.1) is 10.4 Å². The van der Waals surface area contributed by atoms with Crippen LogP contribution in [0.3, 0.4) is 0 Å². The van der Waals surface area contributed by atoms with Crippen LogP contribution < -0.4 is 4.72 Å². The lowest BCUT2D eigenvalue weighted by molar-refractivity contribution is 0.602. The zero-order chi connectivity index (χ0) is 14.0. The topological polar surface area (TPSA) is 59.1 Å². The van der Waals surface area contributed by atoms with E-state index in [0.717, 1.165) is 0 Å². The predicted molar refractivity (Wildman–Crippen MR) is 79.0 cm³/mol. The molecular weight excluding hydrogens is 272 g/mol. The third-order valence-electron chi connectivity index (χ3n) is 2.92. The van der Waals surface area contributed by atoms with Crippen molar-refractivity contribution < 1.29 is 8.42 Å². The first kappa shape index (κ1) is 12.6. The summed E-state index contributed by atoms with van der Waals surface area (Å²) in [7, 11) is -3.63. The third kappa shape index (κ3) is 2.35. The first-order chi connectivity index (χ1) is 9.67. The number of nitrogens with one attached hydrogen (secondary N) is 1. The maximum absolute atomic E-state index is 12.5. The Kier molecular flexibility index (Phi) is 3.12. The minimum absolute atomic E-state index is 0.229. The number of rotatable bonds is 3. The molecule has 1 aromatic heterocycles. The molecule has 0 spiro atoms. The van der Waals surface area contributed by atoms with E-state index in [-0.39, 0.29) is 4.90 Å². The summed E-state index contributed by atoms with van der Waals surface area (Å²) in [6.07, 6.45) is 1.50. The number of fused-ring (bicyclic) bond motifs is 1. The van der Waals surface area contributed by atoms with E-state index in [2.05, 4.69) is 9.71 Å². The van der Waals surface area contributed by atoms with Gasteiger partial charge in [-0.25, -0.2) is 8.42 Å². The number of para-hydroxylation sites is 2. The highest BCUT2D eigenvalue weighted by atomic mass is 32.2. The second-order valence-electron chi connectivity index (χ2n) is 4.30. The molecule has 0 aliphatic rings. The van der Waals surface area contributed by atoms with E-state index in [1.165, 1.54) is 12.3 Å². The van der Waals surface area contributed by atoms with Crippen LogP contribution in [0.2, 0.25) is 0 Å². The molecule has 0 amide bonds. The van der Waals surface area contributed by atoms with E-state index in [1.54, 1.807) is 42.5 Å². The molecule has 20 heavy (non-hydrogen) atoms. The molecule has 0 radical (unpaired) electrons. The molecule has 100 valence electrons. The number of anilines is 1. The van der Waals surface area contributed by atoms with Gasteiger partial charge in [0, 0.05) is 17.3 Å². The van der Waals surface area contributed by atoms with Crippen LogP contribution in [0.4, 0.5) is 5.69 Å². The van der Waals surface area contributed by atoms with Crippen molar-refractivity contribution in [1.82, 2.24) is 4.98 Å². The van der Waals surface area contributed by atoms with Crippen LogP contribution >= 0.6 is 0 Å².